The molecule has 2 aliphatic rings. The number of hydrogen-bond acceptors (Lipinski definition) is 7. The van der Waals surface area contributed by atoms with Gasteiger partial charge in [0.05, 0.1) is 7.11 Å². The van der Waals surface area contributed by atoms with Crippen LogP contribution < -0.4 is 14.8 Å². The first-order valence-corrected chi connectivity index (χ1v) is 12.7. The molecule has 2 aromatic carbocycles. The van der Waals surface area contributed by atoms with E-state index in [1.807, 2.05) is 65.3 Å². The van der Waals surface area contributed by atoms with Gasteiger partial charge in [-0.05, 0) is 47.2 Å². The van der Waals surface area contributed by atoms with Crippen molar-refractivity contribution >= 4 is 11.7 Å². The van der Waals surface area contributed by atoms with Crippen LogP contribution >= 0.6 is 0 Å². The average Bonchev–Trinajstić information content (AvgIpc) is 3.35. The van der Waals surface area contributed by atoms with E-state index in [1.54, 1.807) is 19.5 Å². The third-order valence-corrected chi connectivity index (χ3v) is 7.01. The van der Waals surface area contributed by atoms with Gasteiger partial charge >= 0.3 is 0 Å². The van der Waals surface area contributed by atoms with Crippen molar-refractivity contribution in [1.29, 1.82) is 0 Å². The zero-order chi connectivity index (χ0) is 26.3. The van der Waals surface area contributed by atoms with E-state index in [-0.39, 0.29) is 11.2 Å². The van der Waals surface area contributed by atoms with Gasteiger partial charge in [0.25, 0.3) is 0 Å². The Hall–Kier alpha value is -4.46. The summed E-state index contributed by atoms with van der Waals surface area (Å²) in [6.07, 6.45) is 4.65. The Morgan fingerprint density at radius 3 is 2.58 bits per heavy atom. The Labute approximate surface area is 221 Å². The maximum Gasteiger partial charge on any atom is 0.226 e. The molecule has 38 heavy (non-hydrogen) atoms. The Kier molecular flexibility index (Phi) is 5.94. The summed E-state index contributed by atoms with van der Waals surface area (Å²) in [6.45, 7) is 4.67. The molecule has 0 amide bonds. The van der Waals surface area contributed by atoms with Crippen LogP contribution in [0, 0.1) is 5.41 Å². The summed E-state index contributed by atoms with van der Waals surface area (Å²) in [5.41, 5.74) is 4.29. The van der Waals surface area contributed by atoms with Crippen LogP contribution in [0.2, 0.25) is 0 Å². The van der Waals surface area contributed by atoms with Crippen molar-refractivity contribution in [1.82, 2.24) is 19.7 Å². The molecule has 4 aromatic rings. The van der Waals surface area contributed by atoms with E-state index in [1.165, 1.54) is 0 Å². The lowest BCUT2D eigenvalue weighted by molar-refractivity contribution is -0.118. The van der Waals surface area contributed by atoms with E-state index in [0.717, 1.165) is 34.4 Å². The first-order chi connectivity index (χ1) is 18.4. The zero-order valence-electron chi connectivity index (χ0n) is 21.6. The van der Waals surface area contributed by atoms with Gasteiger partial charge in [-0.15, -0.1) is 5.10 Å². The van der Waals surface area contributed by atoms with E-state index in [2.05, 4.69) is 24.1 Å². The number of nitrogens with zero attached hydrogens (tertiary/aromatic N) is 4. The molecule has 192 valence electrons. The molecule has 0 saturated carbocycles. The van der Waals surface area contributed by atoms with Crippen molar-refractivity contribution < 1.29 is 14.3 Å². The van der Waals surface area contributed by atoms with Crippen LogP contribution in [0.15, 0.2) is 84.3 Å². The van der Waals surface area contributed by atoms with E-state index < -0.39 is 6.04 Å². The number of benzene rings is 2. The number of carbonyl (C=O) groups excluding carboxylic acids is 1. The summed E-state index contributed by atoms with van der Waals surface area (Å²) in [6, 6.07) is 19.1. The predicted octanol–water partition coefficient (Wildman–Crippen LogP) is 5.59. The average molecular weight is 508 g/mol. The fourth-order valence-corrected chi connectivity index (χ4v) is 5.25. The molecule has 1 aliphatic heterocycles. The van der Waals surface area contributed by atoms with Crippen molar-refractivity contribution in [3.63, 3.8) is 0 Å². The van der Waals surface area contributed by atoms with Crippen LogP contribution in [0.4, 0.5) is 5.95 Å². The van der Waals surface area contributed by atoms with Gasteiger partial charge < -0.3 is 14.8 Å². The standard InChI is InChI=1S/C30H29N5O3/c1-30(2)16-22-26(23(36)17-30)27(35-29(32-22)33-28(34-35)20-11-13-31-14-12-20)21-9-10-24(25(15-21)37-3)38-18-19-7-5-4-6-8-19/h4-15,27H,16-18H2,1-3H3,(H,32,33,34). The van der Waals surface area contributed by atoms with Crippen molar-refractivity contribution in [3.05, 3.63) is 95.5 Å². The van der Waals surface area contributed by atoms with Gasteiger partial charge in [-0.1, -0.05) is 50.2 Å². The van der Waals surface area contributed by atoms with Gasteiger partial charge in [0.1, 0.15) is 12.6 Å². The first kappa shape index (κ1) is 23.9. The number of aromatic nitrogens is 4. The number of ketones is 1. The Morgan fingerprint density at radius 2 is 1.82 bits per heavy atom. The molecule has 0 saturated heterocycles. The second-order valence-corrected chi connectivity index (χ2v) is 10.5. The molecule has 8 heteroatoms. The number of anilines is 1. The summed E-state index contributed by atoms with van der Waals surface area (Å²) in [5, 5.41) is 8.28. The van der Waals surface area contributed by atoms with Gasteiger partial charge in [-0.25, -0.2) is 4.68 Å². The number of nitrogens with one attached hydrogen (secondary N) is 1. The predicted molar refractivity (Wildman–Crippen MR) is 144 cm³/mol. The third kappa shape index (κ3) is 4.42. The third-order valence-electron chi connectivity index (χ3n) is 7.01. The highest BCUT2D eigenvalue weighted by Gasteiger charge is 2.42. The lowest BCUT2D eigenvalue weighted by Gasteiger charge is -2.38. The van der Waals surface area contributed by atoms with Crippen molar-refractivity contribution in [2.75, 3.05) is 12.4 Å². The van der Waals surface area contributed by atoms with Crippen molar-refractivity contribution in [3.8, 4) is 22.9 Å². The van der Waals surface area contributed by atoms with Crippen LogP contribution in [-0.2, 0) is 11.4 Å². The van der Waals surface area contributed by atoms with Gasteiger partial charge in [-0.2, -0.15) is 4.98 Å². The Bertz CT molecular complexity index is 1530. The lowest BCUT2D eigenvalue weighted by Crippen LogP contribution is -2.36. The van der Waals surface area contributed by atoms with E-state index in [0.29, 0.717) is 36.3 Å². The Balaban J connectivity index is 1.42. The topological polar surface area (TPSA) is 91.2 Å². The highest BCUT2D eigenvalue weighted by atomic mass is 16.5. The smallest absolute Gasteiger partial charge is 0.226 e. The molecule has 1 atom stereocenters. The molecule has 0 radical (unpaired) electrons. The van der Waals surface area contributed by atoms with Crippen LogP contribution in [0.1, 0.15) is 43.9 Å². The summed E-state index contributed by atoms with van der Waals surface area (Å²) in [5.74, 6) is 2.52. The van der Waals surface area contributed by atoms with Crippen LogP contribution in [0.5, 0.6) is 11.5 Å². The molecule has 6 rings (SSSR count). The Morgan fingerprint density at radius 1 is 1.03 bits per heavy atom. The molecule has 2 aromatic heterocycles. The number of methoxy groups -OCH3 is 1. The molecule has 8 nitrogen and oxygen atoms in total. The summed E-state index contributed by atoms with van der Waals surface area (Å²) >= 11 is 0. The number of fused-ring (bicyclic) bond motifs is 1. The van der Waals surface area contributed by atoms with Crippen LogP contribution in [-0.4, -0.2) is 32.6 Å². The molecule has 0 bridgehead atoms. The first-order valence-electron chi connectivity index (χ1n) is 12.7. The SMILES string of the molecule is COc1cc(C2C3=C(CC(C)(C)CC3=O)Nc3nc(-c4ccncc4)nn32)ccc1OCc1ccccc1. The molecule has 0 fully saturated rings. The zero-order valence-corrected chi connectivity index (χ0v) is 21.6. The molecule has 1 unspecified atom stereocenters. The summed E-state index contributed by atoms with van der Waals surface area (Å²) in [4.78, 5) is 22.5. The number of pyridine rings is 1. The summed E-state index contributed by atoms with van der Waals surface area (Å²) in [7, 11) is 1.62. The highest BCUT2D eigenvalue weighted by Crippen LogP contribution is 2.46. The van der Waals surface area contributed by atoms with E-state index in [4.69, 9.17) is 19.6 Å². The highest BCUT2D eigenvalue weighted by molar-refractivity contribution is 6.00. The van der Waals surface area contributed by atoms with Gasteiger partial charge in [-0.3, -0.25) is 9.78 Å². The quantitative estimate of drug-likeness (QED) is 0.364. The second-order valence-electron chi connectivity index (χ2n) is 10.5. The van der Waals surface area contributed by atoms with E-state index in [9.17, 15) is 4.79 Å². The fourth-order valence-electron chi connectivity index (χ4n) is 5.25. The molecule has 1 N–H and O–H groups in total. The number of rotatable bonds is 6. The molecule has 0 spiro atoms. The number of ether oxygens (including phenoxy) is 2. The number of Topliss-reactive ketones (excluding diaryl/α,β-unsaturated/α-hetero) is 1. The van der Waals surface area contributed by atoms with Gasteiger partial charge in [0, 0.05) is 35.6 Å². The minimum atomic E-state index is -0.440. The van der Waals surface area contributed by atoms with Crippen LogP contribution in [0.25, 0.3) is 11.4 Å². The largest absolute Gasteiger partial charge is 0.493 e. The molecular formula is C30H29N5O3. The summed E-state index contributed by atoms with van der Waals surface area (Å²) < 4.78 is 13.6. The van der Waals surface area contributed by atoms with Crippen LogP contribution in [0.3, 0.4) is 0 Å². The molecule has 1 aliphatic carbocycles. The normalized spacial score (nSPS) is 17.9. The molecule has 3 heterocycles. The fraction of sp³-hybridized carbons (Fsp3) is 0.267. The van der Waals surface area contributed by atoms with Crippen molar-refractivity contribution in [2.24, 2.45) is 5.41 Å². The van der Waals surface area contributed by atoms with E-state index >= 15 is 0 Å². The maximum absolute atomic E-state index is 13.6. The minimum Gasteiger partial charge on any atom is -0.493 e. The monoisotopic (exact) mass is 507 g/mol. The molecular weight excluding hydrogens is 478 g/mol. The number of hydrogen-bond donors (Lipinski definition) is 1. The lowest BCUT2D eigenvalue weighted by atomic mass is 9.73. The number of carbonyl (C=O) groups is 1. The van der Waals surface area contributed by atoms with Crippen molar-refractivity contribution in [2.45, 2.75) is 39.3 Å². The number of allylic oxidation sites excluding steroid dienone is 2. The van der Waals surface area contributed by atoms with Gasteiger partial charge in [0.2, 0.25) is 5.95 Å². The minimum absolute atomic E-state index is 0.115. The second kappa shape index (κ2) is 9.45. The van der Waals surface area contributed by atoms with Gasteiger partial charge in [0.15, 0.2) is 23.1 Å². The maximum atomic E-state index is 13.6.